The Hall–Kier alpha value is -0.790. The van der Waals surface area contributed by atoms with E-state index < -0.39 is 0 Å². The Balaban J connectivity index is 2.19. The summed E-state index contributed by atoms with van der Waals surface area (Å²) >= 11 is 0. The van der Waals surface area contributed by atoms with Crippen LogP contribution in [0.4, 0.5) is 0 Å². The van der Waals surface area contributed by atoms with Gasteiger partial charge in [0.1, 0.15) is 0 Å². The molecule has 2 heteroatoms. The van der Waals surface area contributed by atoms with Crippen LogP contribution < -0.4 is 0 Å². The zero-order chi connectivity index (χ0) is 10.3. The van der Waals surface area contributed by atoms with E-state index in [9.17, 15) is 4.79 Å². The van der Waals surface area contributed by atoms with E-state index in [2.05, 4.69) is 26.0 Å². The summed E-state index contributed by atoms with van der Waals surface area (Å²) in [5.41, 5.74) is 0.0890. The third-order valence-corrected chi connectivity index (χ3v) is 3.84. The van der Waals surface area contributed by atoms with Crippen molar-refractivity contribution in [2.45, 2.75) is 27.2 Å². The molecule has 0 N–H and O–H groups in total. The van der Waals surface area contributed by atoms with E-state index in [0.717, 1.165) is 6.42 Å². The van der Waals surface area contributed by atoms with Gasteiger partial charge in [0.2, 0.25) is 0 Å². The summed E-state index contributed by atoms with van der Waals surface area (Å²) in [4.78, 5) is 11.8. The largest absolute Gasteiger partial charge is 0.466 e. The second kappa shape index (κ2) is 3.11. The predicted molar refractivity (Wildman–Crippen MR) is 54.6 cm³/mol. The molecule has 0 aromatic carbocycles. The van der Waals surface area contributed by atoms with Gasteiger partial charge >= 0.3 is 5.97 Å². The maximum Gasteiger partial charge on any atom is 0.310 e. The van der Waals surface area contributed by atoms with Crippen molar-refractivity contribution in [1.82, 2.24) is 0 Å². The Kier molecular flexibility index (Phi) is 2.17. The number of esters is 1. The van der Waals surface area contributed by atoms with Crippen LogP contribution in [0.5, 0.6) is 0 Å². The fourth-order valence-corrected chi connectivity index (χ4v) is 3.02. The number of carbonyl (C=O) groups is 1. The molecule has 0 radical (unpaired) electrons. The molecule has 0 amide bonds. The highest BCUT2D eigenvalue weighted by molar-refractivity contribution is 5.75. The van der Waals surface area contributed by atoms with Crippen molar-refractivity contribution in [3.8, 4) is 0 Å². The first-order valence-electron chi connectivity index (χ1n) is 5.42. The normalized spacial score (nSPS) is 37.5. The molecule has 14 heavy (non-hydrogen) atoms. The topological polar surface area (TPSA) is 26.3 Å². The van der Waals surface area contributed by atoms with Crippen molar-refractivity contribution in [3.05, 3.63) is 12.2 Å². The molecule has 2 rings (SSSR count). The number of ether oxygens (including phenoxy) is 1. The Morgan fingerprint density at radius 2 is 2.21 bits per heavy atom. The van der Waals surface area contributed by atoms with Crippen molar-refractivity contribution < 1.29 is 9.53 Å². The highest BCUT2D eigenvalue weighted by Crippen LogP contribution is 2.56. The number of rotatable bonds is 2. The van der Waals surface area contributed by atoms with Crippen LogP contribution in [0.3, 0.4) is 0 Å². The maximum atomic E-state index is 11.8. The van der Waals surface area contributed by atoms with E-state index in [-0.39, 0.29) is 17.3 Å². The smallest absolute Gasteiger partial charge is 0.310 e. The zero-order valence-corrected chi connectivity index (χ0v) is 9.12. The molecular weight excluding hydrogens is 176 g/mol. The van der Waals surface area contributed by atoms with E-state index in [4.69, 9.17) is 4.74 Å². The van der Waals surface area contributed by atoms with Gasteiger partial charge in [-0.15, -0.1) is 0 Å². The van der Waals surface area contributed by atoms with E-state index >= 15 is 0 Å². The molecule has 0 aromatic rings. The second-order valence-electron chi connectivity index (χ2n) is 4.94. The molecular formula is C12H18O2. The van der Waals surface area contributed by atoms with Crippen LogP contribution in [0.15, 0.2) is 12.2 Å². The molecule has 3 unspecified atom stereocenters. The van der Waals surface area contributed by atoms with Crippen LogP contribution in [-0.2, 0) is 9.53 Å². The average Bonchev–Trinajstić information content (AvgIpc) is 2.61. The van der Waals surface area contributed by atoms with Crippen molar-refractivity contribution in [1.29, 1.82) is 0 Å². The van der Waals surface area contributed by atoms with Crippen molar-refractivity contribution >= 4 is 5.97 Å². The van der Waals surface area contributed by atoms with Crippen LogP contribution in [0.2, 0.25) is 0 Å². The fraction of sp³-hybridized carbons (Fsp3) is 0.750. The van der Waals surface area contributed by atoms with Crippen LogP contribution in [0.1, 0.15) is 27.2 Å². The minimum absolute atomic E-state index is 0.00523. The molecule has 1 fully saturated rings. The Morgan fingerprint density at radius 3 is 2.71 bits per heavy atom. The SMILES string of the molecule is CCOC(=O)C1C2C=CC(C2)C1(C)C. The first-order chi connectivity index (χ1) is 6.57. The van der Waals surface area contributed by atoms with Crippen LogP contribution in [-0.4, -0.2) is 12.6 Å². The van der Waals surface area contributed by atoms with E-state index in [1.54, 1.807) is 0 Å². The van der Waals surface area contributed by atoms with Crippen LogP contribution in [0.25, 0.3) is 0 Å². The first-order valence-corrected chi connectivity index (χ1v) is 5.42. The number of hydrogen-bond donors (Lipinski definition) is 0. The highest BCUT2D eigenvalue weighted by atomic mass is 16.5. The quantitative estimate of drug-likeness (QED) is 0.498. The summed E-state index contributed by atoms with van der Waals surface area (Å²) in [6.45, 7) is 6.73. The fourth-order valence-electron chi connectivity index (χ4n) is 3.02. The molecule has 1 saturated carbocycles. The lowest BCUT2D eigenvalue weighted by Gasteiger charge is -2.33. The highest BCUT2D eigenvalue weighted by Gasteiger charge is 2.53. The average molecular weight is 194 g/mol. The lowest BCUT2D eigenvalue weighted by atomic mass is 9.71. The van der Waals surface area contributed by atoms with Gasteiger partial charge in [0.25, 0.3) is 0 Å². The second-order valence-corrected chi connectivity index (χ2v) is 4.94. The Labute approximate surface area is 85.3 Å². The Bertz CT molecular complexity index is 278. The number of fused-ring (bicyclic) bond motifs is 2. The summed E-state index contributed by atoms with van der Waals surface area (Å²) in [6, 6.07) is 0. The molecule has 0 aromatic heterocycles. The summed E-state index contributed by atoms with van der Waals surface area (Å²) in [5.74, 6) is 1.07. The molecule has 78 valence electrons. The Morgan fingerprint density at radius 1 is 1.50 bits per heavy atom. The molecule has 0 heterocycles. The van der Waals surface area contributed by atoms with E-state index in [0.29, 0.717) is 18.4 Å². The van der Waals surface area contributed by atoms with Gasteiger partial charge in [0, 0.05) is 0 Å². The number of allylic oxidation sites excluding steroid dienone is 2. The zero-order valence-electron chi connectivity index (χ0n) is 9.12. The summed E-state index contributed by atoms with van der Waals surface area (Å²) in [6.07, 6.45) is 5.59. The molecule has 3 atom stereocenters. The van der Waals surface area contributed by atoms with Gasteiger partial charge in [-0.3, -0.25) is 4.79 Å². The van der Waals surface area contributed by atoms with E-state index in [1.165, 1.54) is 0 Å². The van der Waals surface area contributed by atoms with Gasteiger partial charge in [-0.05, 0) is 30.6 Å². The number of hydrogen-bond acceptors (Lipinski definition) is 2. The monoisotopic (exact) mass is 194 g/mol. The first kappa shape index (κ1) is 9.75. The van der Waals surface area contributed by atoms with E-state index in [1.807, 2.05) is 6.92 Å². The predicted octanol–water partition coefficient (Wildman–Crippen LogP) is 2.40. The third kappa shape index (κ3) is 1.20. The molecule has 2 nitrogen and oxygen atoms in total. The summed E-state index contributed by atoms with van der Waals surface area (Å²) in [5, 5.41) is 0. The molecule has 2 aliphatic carbocycles. The van der Waals surface area contributed by atoms with Gasteiger partial charge in [0.05, 0.1) is 12.5 Å². The molecule has 2 aliphatic rings. The molecule has 0 saturated heterocycles. The molecule has 0 spiro atoms. The van der Waals surface area contributed by atoms with Crippen molar-refractivity contribution in [2.24, 2.45) is 23.2 Å². The van der Waals surface area contributed by atoms with Crippen LogP contribution >= 0.6 is 0 Å². The minimum Gasteiger partial charge on any atom is -0.466 e. The van der Waals surface area contributed by atoms with Crippen LogP contribution in [0, 0.1) is 23.2 Å². The summed E-state index contributed by atoms with van der Waals surface area (Å²) in [7, 11) is 0. The van der Waals surface area contributed by atoms with Gasteiger partial charge in [-0.2, -0.15) is 0 Å². The molecule has 2 bridgehead atoms. The lowest BCUT2D eigenvalue weighted by molar-refractivity contribution is -0.152. The van der Waals surface area contributed by atoms with Gasteiger partial charge in [-0.1, -0.05) is 26.0 Å². The van der Waals surface area contributed by atoms with Gasteiger partial charge in [-0.25, -0.2) is 0 Å². The maximum absolute atomic E-state index is 11.8. The lowest BCUT2D eigenvalue weighted by Crippen LogP contribution is -2.35. The van der Waals surface area contributed by atoms with Gasteiger partial charge < -0.3 is 4.74 Å². The van der Waals surface area contributed by atoms with Gasteiger partial charge in [0.15, 0.2) is 0 Å². The molecule has 0 aliphatic heterocycles. The van der Waals surface area contributed by atoms with Crippen molar-refractivity contribution in [3.63, 3.8) is 0 Å². The van der Waals surface area contributed by atoms with Crippen molar-refractivity contribution in [2.75, 3.05) is 6.61 Å². The standard InChI is InChI=1S/C12H18O2/c1-4-14-11(13)10-8-5-6-9(7-8)12(10,2)3/h5-6,8-10H,4,7H2,1-3H3. The number of carbonyl (C=O) groups excluding carboxylic acids is 1. The summed E-state index contributed by atoms with van der Waals surface area (Å²) < 4.78 is 5.14. The third-order valence-electron chi connectivity index (χ3n) is 3.84. The minimum atomic E-state index is -0.00523.